The zero-order chi connectivity index (χ0) is 10.7. The summed E-state index contributed by atoms with van der Waals surface area (Å²) in [5.41, 5.74) is 2.48. The normalized spacial score (nSPS) is 13.3. The monoisotopic (exact) mass is 211 g/mol. The third-order valence-corrected chi connectivity index (χ3v) is 3.03. The van der Waals surface area contributed by atoms with Crippen LogP contribution in [-0.2, 0) is 0 Å². The smallest absolute Gasteiger partial charge is 0.0438 e. The Balaban J connectivity index is 3.10. The van der Waals surface area contributed by atoms with Gasteiger partial charge in [-0.3, -0.25) is 0 Å². The van der Waals surface area contributed by atoms with Crippen molar-refractivity contribution in [1.82, 2.24) is 5.32 Å². The van der Waals surface area contributed by atoms with Crippen LogP contribution in [0.5, 0.6) is 0 Å². The molecule has 1 rings (SSSR count). The number of benzene rings is 1. The highest BCUT2D eigenvalue weighted by Crippen LogP contribution is 2.28. The molecule has 1 aromatic carbocycles. The Morgan fingerprint density at radius 2 is 1.93 bits per heavy atom. The molecule has 0 aliphatic rings. The van der Waals surface area contributed by atoms with Crippen molar-refractivity contribution in [2.75, 3.05) is 7.05 Å². The minimum absolute atomic E-state index is 0.383. The predicted molar refractivity (Wildman–Crippen MR) is 62.8 cm³/mol. The second-order valence-corrected chi connectivity index (χ2v) is 4.37. The molecule has 1 aromatic rings. The molecule has 0 heterocycles. The van der Waals surface area contributed by atoms with E-state index in [9.17, 15) is 0 Å². The highest BCUT2D eigenvalue weighted by molar-refractivity contribution is 6.31. The van der Waals surface area contributed by atoms with Crippen molar-refractivity contribution < 1.29 is 0 Å². The van der Waals surface area contributed by atoms with Crippen LogP contribution < -0.4 is 5.32 Å². The largest absolute Gasteiger partial charge is 0.313 e. The first-order valence-corrected chi connectivity index (χ1v) is 5.38. The van der Waals surface area contributed by atoms with Crippen LogP contribution in [0, 0.1) is 12.8 Å². The van der Waals surface area contributed by atoms with Gasteiger partial charge in [-0.25, -0.2) is 0 Å². The average molecular weight is 212 g/mol. The molecule has 2 heteroatoms. The average Bonchev–Trinajstić information content (AvgIpc) is 2.13. The molecule has 0 spiro atoms. The molecule has 0 fully saturated rings. The lowest BCUT2D eigenvalue weighted by atomic mass is 9.93. The van der Waals surface area contributed by atoms with Crippen molar-refractivity contribution in [1.29, 1.82) is 0 Å². The minimum Gasteiger partial charge on any atom is -0.313 e. The molecule has 0 saturated carbocycles. The quantitative estimate of drug-likeness (QED) is 0.806. The molecule has 14 heavy (non-hydrogen) atoms. The van der Waals surface area contributed by atoms with Crippen molar-refractivity contribution in [2.45, 2.75) is 26.8 Å². The van der Waals surface area contributed by atoms with Gasteiger partial charge in [0.05, 0.1) is 0 Å². The van der Waals surface area contributed by atoms with E-state index < -0.39 is 0 Å². The number of rotatable bonds is 3. The van der Waals surface area contributed by atoms with E-state index >= 15 is 0 Å². The highest BCUT2D eigenvalue weighted by Gasteiger charge is 2.16. The Hall–Kier alpha value is -0.530. The molecule has 0 aromatic heterocycles. The fourth-order valence-electron chi connectivity index (χ4n) is 1.81. The van der Waals surface area contributed by atoms with Gasteiger partial charge in [-0.15, -0.1) is 0 Å². The summed E-state index contributed by atoms with van der Waals surface area (Å²) in [5.74, 6) is 0.567. The second-order valence-electron chi connectivity index (χ2n) is 3.96. The molecule has 78 valence electrons. The van der Waals surface area contributed by atoms with E-state index in [4.69, 9.17) is 11.6 Å². The Labute approximate surface area is 91.5 Å². The third-order valence-electron chi connectivity index (χ3n) is 2.62. The maximum absolute atomic E-state index is 6.09. The second kappa shape index (κ2) is 4.81. The maximum atomic E-state index is 6.09. The van der Waals surface area contributed by atoms with E-state index in [2.05, 4.69) is 32.2 Å². The molecule has 1 nitrogen and oxygen atoms in total. The van der Waals surface area contributed by atoms with Crippen molar-refractivity contribution >= 4 is 11.6 Å². The van der Waals surface area contributed by atoms with Crippen LogP contribution in [0.25, 0.3) is 0 Å². The van der Waals surface area contributed by atoms with E-state index in [1.807, 2.05) is 19.2 Å². The van der Waals surface area contributed by atoms with Crippen LogP contribution in [0.3, 0.4) is 0 Å². The number of halogens is 1. The Morgan fingerprint density at radius 1 is 1.29 bits per heavy atom. The number of nitrogens with one attached hydrogen (secondary N) is 1. The van der Waals surface area contributed by atoms with Crippen LogP contribution in [-0.4, -0.2) is 7.05 Å². The summed E-state index contributed by atoms with van der Waals surface area (Å²) in [4.78, 5) is 0. The lowest BCUT2D eigenvalue weighted by molar-refractivity contribution is 0.441. The summed E-state index contributed by atoms with van der Waals surface area (Å²) in [6, 6.07) is 6.47. The predicted octanol–water partition coefficient (Wildman–Crippen LogP) is 3.56. The van der Waals surface area contributed by atoms with Crippen molar-refractivity contribution in [3.05, 3.63) is 34.3 Å². The van der Waals surface area contributed by atoms with Crippen LogP contribution >= 0.6 is 11.6 Å². The van der Waals surface area contributed by atoms with Gasteiger partial charge in [0.15, 0.2) is 0 Å². The molecule has 0 saturated heterocycles. The molecule has 0 bridgehead atoms. The molecule has 0 aliphatic carbocycles. The van der Waals surface area contributed by atoms with Gasteiger partial charge in [0.25, 0.3) is 0 Å². The van der Waals surface area contributed by atoms with Crippen LogP contribution in [0.1, 0.15) is 31.0 Å². The van der Waals surface area contributed by atoms with Gasteiger partial charge < -0.3 is 5.32 Å². The summed E-state index contributed by atoms with van der Waals surface area (Å²) >= 11 is 6.09. The topological polar surface area (TPSA) is 12.0 Å². The molecule has 1 N–H and O–H groups in total. The van der Waals surface area contributed by atoms with Crippen molar-refractivity contribution in [3.8, 4) is 0 Å². The van der Waals surface area contributed by atoms with Crippen LogP contribution in [0.2, 0.25) is 5.02 Å². The Kier molecular flexibility index (Phi) is 3.97. The number of hydrogen-bond donors (Lipinski definition) is 1. The summed E-state index contributed by atoms with van der Waals surface area (Å²) in [7, 11) is 1.99. The van der Waals surface area contributed by atoms with Crippen LogP contribution in [0.15, 0.2) is 18.2 Å². The zero-order valence-electron chi connectivity index (χ0n) is 9.26. The van der Waals surface area contributed by atoms with Gasteiger partial charge >= 0.3 is 0 Å². The van der Waals surface area contributed by atoms with E-state index in [0.717, 1.165) is 5.02 Å². The van der Waals surface area contributed by atoms with E-state index in [-0.39, 0.29) is 0 Å². The van der Waals surface area contributed by atoms with Gasteiger partial charge in [-0.2, -0.15) is 0 Å². The molecule has 0 radical (unpaired) electrons. The van der Waals surface area contributed by atoms with Gasteiger partial charge in [0.2, 0.25) is 0 Å². The summed E-state index contributed by atoms with van der Waals surface area (Å²) in [6.07, 6.45) is 0. The SMILES string of the molecule is CNC(c1cccc(Cl)c1C)C(C)C. The first-order chi connectivity index (χ1) is 6.57. The highest BCUT2D eigenvalue weighted by atomic mass is 35.5. The first-order valence-electron chi connectivity index (χ1n) is 5.00. The minimum atomic E-state index is 0.383. The zero-order valence-corrected chi connectivity index (χ0v) is 10.0. The van der Waals surface area contributed by atoms with E-state index in [1.54, 1.807) is 0 Å². The van der Waals surface area contributed by atoms with Gasteiger partial charge in [0.1, 0.15) is 0 Å². The first kappa shape index (κ1) is 11.5. The number of hydrogen-bond acceptors (Lipinski definition) is 1. The summed E-state index contributed by atoms with van der Waals surface area (Å²) in [6.45, 7) is 6.49. The Bertz CT molecular complexity index is 307. The van der Waals surface area contributed by atoms with Gasteiger partial charge in [0, 0.05) is 11.1 Å². The lowest BCUT2D eigenvalue weighted by Gasteiger charge is -2.22. The van der Waals surface area contributed by atoms with E-state index in [1.165, 1.54) is 11.1 Å². The molecular weight excluding hydrogens is 194 g/mol. The Morgan fingerprint density at radius 3 is 2.43 bits per heavy atom. The molecule has 1 atom stereocenters. The third kappa shape index (κ3) is 2.28. The van der Waals surface area contributed by atoms with Gasteiger partial charge in [-0.1, -0.05) is 37.6 Å². The van der Waals surface area contributed by atoms with Crippen LogP contribution in [0.4, 0.5) is 0 Å². The molecule has 0 amide bonds. The fourth-order valence-corrected chi connectivity index (χ4v) is 1.99. The lowest BCUT2D eigenvalue weighted by Crippen LogP contribution is -2.22. The van der Waals surface area contributed by atoms with Gasteiger partial charge in [-0.05, 0) is 37.1 Å². The maximum Gasteiger partial charge on any atom is 0.0438 e. The van der Waals surface area contributed by atoms with Crippen molar-refractivity contribution in [3.63, 3.8) is 0 Å². The molecular formula is C12H18ClN. The standard InChI is InChI=1S/C12H18ClN/c1-8(2)12(14-4)10-6-5-7-11(13)9(10)3/h5-8,12,14H,1-4H3. The van der Waals surface area contributed by atoms with E-state index in [0.29, 0.717) is 12.0 Å². The summed E-state index contributed by atoms with van der Waals surface area (Å²) in [5, 5.41) is 4.18. The molecule has 0 aliphatic heterocycles. The fraction of sp³-hybridized carbons (Fsp3) is 0.500. The molecule has 1 unspecified atom stereocenters. The van der Waals surface area contributed by atoms with Crippen molar-refractivity contribution in [2.24, 2.45) is 5.92 Å². The summed E-state index contributed by atoms with van der Waals surface area (Å²) < 4.78 is 0.